The first-order valence-electron chi connectivity index (χ1n) is 13.2. The van der Waals surface area contributed by atoms with Crippen LogP contribution in [0.25, 0.3) is 0 Å². The second kappa shape index (κ2) is 12.5. The molecule has 0 aromatic heterocycles. The van der Waals surface area contributed by atoms with E-state index in [1.54, 1.807) is 0 Å². The molecule has 1 aliphatic rings. The van der Waals surface area contributed by atoms with Gasteiger partial charge in [-0.2, -0.15) is 0 Å². The van der Waals surface area contributed by atoms with E-state index in [9.17, 15) is 15.3 Å². The fourth-order valence-electron chi connectivity index (χ4n) is 5.25. The highest BCUT2D eigenvalue weighted by Gasteiger charge is 2.61. The average molecular weight is 521 g/mol. The third-order valence-electron chi connectivity index (χ3n) is 6.94. The number of rotatable bonds is 10. The number of aliphatic hydroxyl groups is 3. The maximum atomic E-state index is 12.2. The molecule has 3 aromatic carbocycles. The topological polar surface area (TPSA) is 88.4 Å². The van der Waals surface area contributed by atoms with Gasteiger partial charge in [-0.15, -0.1) is 0 Å². The molecular formula is C32H40O6. The van der Waals surface area contributed by atoms with Gasteiger partial charge in [0.1, 0.15) is 36.1 Å². The highest BCUT2D eigenvalue weighted by Crippen LogP contribution is 2.42. The summed E-state index contributed by atoms with van der Waals surface area (Å²) in [6.45, 7) is 6.56. The highest BCUT2D eigenvalue weighted by atomic mass is 16.6. The fraction of sp³-hybridized carbons (Fsp3) is 0.438. The zero-order valence-corrected chi connectivity index (χ0v) is 22.4. The van der Waals surface area contributed by atoms with Gasteiger partial charge in [0, 0.05) is 0 Å². The van der Waals surface area contributed by atoms with Crippen LogP contribution in [-0.4, -0.2) is 51.4 Å². The maximum absolute atomic E-state index is 12.2. The molecule has 0 spiro atoms. The second-order valence-corrected chi connectivity index (χ2v) is 11.4. The smallest absolute Gasteiger partial charge is 0.122 e. The minimum atomic E-state index is -1.74. The van der Waals surface area contributed by atoms with E-state index in [1.807, 2.05) is 112 Å². The molecule has 1 saturated carbocycles. The Morgan fingerprint density at radius 3 is 1.45 bits per heavy atom. The zero-order valence-electron chi connectivity index (χ0n) is 22.4. The van der Waals surface area contributed by atoms with Crippen LogP contribution in [0, 0.1) is 5.41 Å². The van der Waals surface area contributed by atoms with Gasteiger partial charge in [0.05, 0.1) is 19.8 Å². The van der Waals surface area contributed by atoms with E-state index in [0.29, 0.717) is 0 Å². The summed E-state index contributed by atoms with van der Waals surface area (Å²) in [5.41, 5.74) is 0.637. The van der Waals surface area contributed by atoms with E-state index in [0.717, 1.165) is 16.7 Å². The number of ether oxygens (including phenoxy) is 3. The van der Waals surface area contributed by atoms with Crippen LogP contribution in [-0.2, 0) is 34.0 Å². The maximum Gasteiger partial charge on any atom is 0.122 e. The summed E-state index contributed by atoms with van der Waals surface area (Å²) in [6, 6.07) is 28.8. The van der Waals surface area contributed by atoms with Crippen molar-refractivity contribution in [3.63, 3.8) is 0 Å². The largest absolute Gasteiger partial charge is 0.387 e. The molecule has 0 heterocycles. The van der Waals surface area contributed by atoms with Crippen LogP contribution < -0.4 is 0 Å². The van der Waals surface area contributed by atoms with Crippen molar-refractivity contribution in [1.29, 1.82) is 0 Å². The lowest BCUT2D eigenvalue weighted by Crippen LogP contribution is -2.72. The SMILES string of the molecule is CC(C)(C)C[C@]1(O)[C@H](O)[C@@H](OCc2ccccc2)[C@H](O)[C@H](OCc2ccccc2)[C@@H]1OCc1ccccc1. The molecule has 0 saturated heterocycles. The molecule has 6 atom stereocenters. The highest BCUT2D eigenvalue weighted by molar-refractivity contribution is 5.18. The predicted octanol–water partition coefficient (Wildman–Crippen LogP) is 4.65. The first kappa shape index (κ1) is 28.4. The van der Waals surface area contributed by atoms with Gasteiger partial charge in [-0.25, -0.2) is 0 Å². The van der Waals surface area contributed by atoms with Gasteiger partial charge in [0.15, 0.2) is 0 Å². The van der Waals surface area contributed by atoms with Crippen molar-refractivity contribution in [2.75, 3.05) is 0 Å². The van der Waals surface area contributed by atoms with Gasteiger partial charge in [0.2, 0.25) is 0 Å². The molecule has 6 nitrogen and oxygen atoms in total. The predicted molar refractivity (Wildman–Crippen MR) is 146 cm³/mol. The molecule has 4 rings (SSSR count). The zero-order chi connectivity index (χ0) is 27.2. The molecule has 0 aliphatic heterocycles. The lowest BCUT2D eigenvalue weighted by Gasteiger charge is -2.53. The molecule has 3 aromatic rings. The normalized spacial score (nSPS) is 27.8. The lowest BCUT2D eigenvalue weighted by molar-refractivity contribution is -0.305. The Morgan fingerprint density at radius 2 is 1.03 bits per heavy atom. The molecule has 0 bridgehead atoms. The van der Waals surface area contributed by atoms with E-state index >= 15 is 0 Å². The first-order valence-corrected chi connectivity index (χ1v) is 13.2. The Morgan fingerprint density at radius 1 is 0.632 bits per heavy atom. The Hall–Kier alpha value is -2.58. The van der Waals surface area contributed by atoms with Crippen LogP contribution in [0.15, 0.2) is 91.0 Å². The minimum Gasteiger partial charge on any atom is -0.387 e. The summed E-state index contributed by atoms with van der Waals surface area (Å²) in [6.07, 6.45) is -5.47. The van der Waals surface area contributed by atoms with Gasteiger partial charge >= 0.3 is 0 Å². The Bertz CT molecular complexity index is 1100. The van der Waals surface area contributed by atoms with Gasteiger partial charge in [-0.1, -0.05) is 112 Å². The summed E-state index contributed by atoms with van der Waals surface area (Å²) in [4.78, 5) is 0. The van der Waals surface area contributed by atoms with Crippen LogP contribution in [0.2, 0.25) is 0 Å². The van der Waals surface area contributed by atoms with E-state index in [-0.39, 0.29) is 31.7 Å². The van der Waals surface area contributed by atoms with Crippen LogP contribution >= 0.6 is 0 Å². The number of hydrogen-bond donors (Lipinski definition) is 3. The summed E-state index contributed by atoms with van der Waals surface area (Å²) in [7, 11) is 0. The van der Waals surface area contributed by atoms with E-state index in [4.69, 9.17) is 14.2 Å². The molecular weight excluding hydrogens is 480 g/mol. The Labute approximate surface area is 225 Å². The standard InChI is InChI=1S/C32H40O6/c1-31(2,3)22-32(35)29(34)27(36-19-23-13-7-4-8-14-23)26(33)28(37-20-24-15-9-5-10-16-24)30(32)38-21-25-17-11-6-12-18-25/h4-18,26-30,33-35H,19-22H2,1-3H3/t26-,27-,28-,29+,30-,32-/m0/s1. The van der Waals surface area contributed by atoms with E-state index < -0.39 is 36.1 Å². The molecule has 0 unspecified atom stereocenters. The third kappa shape index (κ3) is 7.08. The van der Waals surface area contributed by atoms with Crippen LogP contribution in [0.1, 0.15) is 43.9 Å². The molecule has 0 radical (unpaired) electrons. The summed E-state index contributed by atoms with van der Waals surface area (Å²) in [5.74, 6) is 0. The second-order valence-electron chi connectivity index (χ2n) is 11.4. The minimum absolute atomic E-state index is 0.173. The molecule has 38 heavy (non-hydrogen) atoms. The third-order valence-corrected chi connectivity index (χ3v) is 6.94. The van der Waals surface area contributed by atoms with Crippen LogP contribution in [0.4, 0.5) is 0 Å². The number of hydrogen-bond acceptors (Lipinski definition) is 6. The van der Waals surface area contributed by atoms with Crippen LogP contribution in [0.5, 0.6) is 0 Å². The average Bonchev–Trinajstić information content (AvgIpc) is 2.90. The fourth-order valence-corrected chi connectivity index (χ4v) is 5.25. The summed E-state index contributed by atoms with van der Waals surface area (Å²) >= 11 is 0. The van der Waals surface area contributed by atoms with Crippen molar-refractivity contribution in [2.45, 2.75) is 83.1 Å². The molecule has 6 heteroatoms. The van der Waals surface area contributed by atoms with Gasteiger partial charge < -0.3 is 29.5 Å². The molecule has 3 N–H and O–H groups in total. The van der Waals surface area contributed by atoms with Crippen molar-refractivity contribution >= 4 is 0 Å². The van der Waals surface area contributed by atoms with Gasteiger partial charge in [-0.05, 0) is 28.5 Å². The van der Waals surface area contributed by atoms with Crippen molar-refractivity contribution in [2.24, 2.45) is 5.41 Å². The van der Waals surface area contributed by atoms with E-state index in [1.165, 1.54) is 0 Å². The summed E-state index contributed by atoms with van der Waals surface area (Å²) < 4.78 is 18.7. The quantitative estimate of drug-likeness (QED) is 0.361. The number of aliphatic hydroxyl groups excluding tert-OH is 2. The molecule has 1 aliphatic carbocycles. The van der Waals surface area contributed by atoms with Crippen molar-refractivity contribution in [1.82, 2.24) is 0 Å². The Balaban J connectivity index is 1.66. The lowest BCUT2D eigenvalue weighted by atomic mass is 9.67. The van der Waals surface area contributed by atoms with Gasteiger partial charge in [-0.3, -0.25) is 0 Å². The Kier molecular flexibility index (Phi) is 9.36. The summed E-state index contributed by atoms with van der Waals surface area (Å²) in [5, 5.41) is 35.4. The van der Waals surface area contributed by atoms with Crippen molar-refractivity contribution in [3.05, 3.63) is 108 Å². The van der Waals surface area contributed by atoms with Gasteiger partial charge in [0.25, 0.3) is 0 Å². The number of benzene rings is 3. The monoisotopic (exact) mass is 520 g/mol. The molecule has 1 fully saturated rings. The van der Waals surface area contributed by atoms with Crippen LogP contribution in [0.3, 0.4) is 0 Å². The van der Waals surface area contributed by atoms with Crippen molar-refractivity contribution < 1.29 is 29.5 Å². The van der Waals surface area contributed by atoms with Crippen molar-refractivity contribution in [3.8, 4) is 0 Å². The molecule has 204 valence electrons. The first-order chi connectivity index (χ1) is 18.2. The molecule has 0 amide bonds. The van der Waals surface area contributed by atoms with E-state index in [2.05, 4.69) is 0 Å².